The smallest absolute Gasteiger partial charge is 0.335 e. The van der Waals surface area contributed by atoms with Gasteiger partial charge in [0, 0.05) is 0 Å². The molecule has 0 radical (unpaired) electrons. The van der Waals surface area contributed by atoms with Gasteiger partial charge >= 0.3 is 5.97 Å². The molecule has 5 nitrogen and oxygen atoms in total. The van der Waals surface area contributed by atoms with Crippen LogP contribution < -0.4 is 0 Å². The summed E-state index contributed by atoms with van der Waals surface area (Å²) in [5, 5.41) is 36.8. The predicted octanol–water partition coefficient (Wildman–Crippen LogP) is 0.488. The molecule has 0 aromatic heterocycles. The number of phenolic OH excluding ortho intramolecular Hbond substituents is 1. The number of aliphatic hydroxyl groups is 2. The Labute approximate surface area is 92.6 Å². The minimum atomic E-state index is -1.87. The largest absolute Gasteiger partial charge is 0.507 e. The standard InChI is InChI=1S/C11H14O5/c1-5-3-7(4-6(2)8(5)12)9(13)10(14)11(15)16/h3-4,9-10,12-14H,1-2H3,(H,15,16). The molecule has 16 heavy (non-hydrogen) atoms. The summed E-state index contributed by atoms with van der Waals surface area (Å²) in [4.78, 5) is 10.5. The molecule has 0 aliphatic rings. The van der Waals surface area contributed by atoms with Crippen LogP contribution in [0.4, 0.5) is 0 Å². The lowest BCUT2D eigenvalue weighted by molar-refractivity contribution is -0.153. The molecule has 0 heterocycles. The number of carboxylic acids is 1. The van der Waals surface area contributed by atoms with Gasteiger partial charge in [0.1, 0.15) is 11.9 Å². The van der Waals surface area contributed by atoms with E-state index in [9.17, 15) is 20.1 Å². The molecule has 2 atom stereocenters. The molecule has 5 heteroatoms. The van der Waals surface area contributed by atoms with Gasteiger partial charge in [-0.25, -0.2) is 4.79 Å². The van der Waals surface area contributed by atoms with Gasteiger partial charge in [-0.1, -0.05) is 0 Å². The summed E-state index contributed by atoms with van der Waals surface area (Å²) in [5.41, 5.74) is 1.31. The van der Waals surface area contributed by atoms with Gasteiger partial charge in [-0.3, -0.25) is 0 Å². The fourth-order valence-corrected chi connectivity index (χ4v) is 1.48. The fraction of sp³-hybridized carbons (Fsp3) is 0.364. The van der Waals surface area contributed by atoms with Gasteiger partial charge in [0.05, 0.1) is 0 Å². The van der Waals surface area contributed by atoms with E-state index in [2.05, 4.69) is 0 Å². The average molecular weight is 226 g/mol. The van der Waals surface area contributed by atoms with Crippen LogP contribution in [0.15, 0.2) is 12.1 Å². The monoisotopic (exact) mass is 226 g/mol. The predicted molar refractivity (Wildman–Crippen MR) is 56.2 cm³/mol. The summed E-state index contributed by atoms with van der Waals surface area (Å²) in [7, 11) is 0. The van der Waals surface area contributed by atoms with Crippen molar-refractivity contribution in [3.63, 3.8) is 0 Å². The topological polar surface area (TPSA) is 98.0 Å². The second-order valence-electron chi connectivity index (χ2n) is 3.73. The van der Waals surface area contributed by atoms with Crippen molar-refractivity contribution < 1.29 is 25.2 Å². The Morgan fingerprint density at radius 1 is 1.19 bits per heavy atom. The van der Waals surface area contributed by atoms with Gasteiger partial charge in [-0.2, -0.15) is 0 Å². The van der Waals surface area contributed by atoms with E-state index >= 15 is 0 Å². The van der Waals surface area contributed by atoms with Crippen LogP contribution in [0.25, 0.3) is 0 Å². The van der Waals surface area contributed by atoms with E-state index in [1.54, 1.807) is 13.8 Å². The molecule has 0 spiro atoms. The molecule has 4 N–H and O–H groups in total. The maximum absolute atomic E-state index is 10.5. The van der Waals surface area contributed by atoms with Gasteiger partial charge in [0.15, 0.2) is 6.10 Å². The third-order valence-electron chi connectivity index (χ3n) is 2.41. The van der Waals surface area contributed by atoms with Crippen molar-refractivity contribution in [2.24, 2.45) is 0 Å². The zero-order chi connectivity index (χ0) is 12.5. The van der Waals surface area contributed by atoms with Crippen LogP contribution in [-0.2, 0) is 4.79 Å². The Kier molecular flexibility index (Phi) is 3.51. The van der Waals surface area contributed by atoms with Gasteiger partial charge in [0.2, 0.25) is 0 Å². The molecule has 0 aliphatic carbocycles. The third kappa shape index (κ3) is 2.32. The summed E-state index contributed by atoms with van der Waals surface area (Å²) in [6.45, 7) is 3.26. The first-order chi connectivity index (χ1) is 7.34. The van der Waals surface area contributed by atoms with E-state index in [0.29, 0.717) is 11.1 Å². The van der Waals surface area contributed by atoms with Crippen LogP contribution in [-0.4, -0.2) is 32.5 Å². The number of benzene rings is 1. The Bertz CT molecular complexity index is 390. The molecule has 0 saturated carbocycles. The van der Waals surface area contributed by atoms with Crippen LogP contribution in [0.1, 0.15) is 22.8 Å². The number of aromatic hydroxyl groups is 1. The molecule has 1 aromatic carbocycles. The first-order valence-corrected chi connectivity index (χ1v) is 4.73. The van der Waals surface area contributed by atoms with Crippen LogP contribution in [0.3, 0.4) is 0 Å². The molecule has 1 rings (SSSR count). The molecule has 88 valence electrons. The SMILES string of the molecule is Cc1cc(C(O)C(O)C(=O)O)cc(C)c1O. The highest BCUT2D eigenvalue weighted by molar-refractivity contribution is 5.73. The second kappa shape index (κ2) is 4.51. The van der Waals surface area contributed by atoms with Crippen LogP contribution in [0.5, 0.6) is 5.75 Å². The second-order valence-corrected chi connectivity index (χ2v) is 3.73. The van der Waals surface area contributed by atoms with Crippen molar-refractivity contribution in [2.75, 3.05) is 0 Å². The average Bonchev–Trinajstić information content (AvgIpc) is 2.22. The highest BCUT2D eigenvalue weighted by Gasteiger charge is 2.25. The third-order valence-corrected chi connectivity index (χ3v) is 2.41. The Balaban J connectivity index is 3.10. The van der Waals surface area contributed by atoms with E-state index in [1.165, 1.54) is 12.1 Å². The number of rotatable bonds is 3. The number of carboxylic acid groups (broad SMARTS) is 1. The van der Waals surface area contributed by atoms with Crippen LogP contribution >= 0.6 is 0 Å². The lowest BCUT2D eigenvalue weighted by Crippen LogP contribution is -2.27. The zero-order valence-electron chi connectivity index (χ0n) is 9.01. The number of hydrogen-bond donors (Lipinski definition) is 4. The van der Waals surface area contributed by atoms with E-state index < -0.39 is 18.2 Å². The quantitative estimate of drug-likeness (QED) is 0.601. The van der Waals surface area contributed by atoms with E-state index in [-0.39, 0.29) is 11.3 Å². The van der Waals surface area contributed by atoms with Gasteiger partial charge < -0.3 is 20.4 Å². The number of phenols is 1. The van der Waals surface area contributed by atoms with Crippen LogP contribution in [0.2, 0.25) is 0 Å². The Hall–Kier alpha value is -1.59. The molecule has 0 bridgehead atoms. The molecule has 0 amide bonds. The molecular formula is C11H14O5. The summed E-state index contributed by atoms with van der Waals surface area (Å²) in [5.74, 6) is -1.39. The highest BCUT2D eigenvalue weighted by Crippen LogP contribution is 2.27. The number of aliphatic carboxylic acids is 1. The maximum Gasteiger partial charge on any atom is 0.335 e. The van der Waals surface area contributed by atoms with Gasteiger partial charge in [-0.05, 0) is 42.7 Å². The van der Waals surface area contributed by atoms with Crippen molar-refractivity contribution in [1.82, 2.24) is 0 Å². The molecule has 0 aliphatic heterocycles. The number of hydrogen-bond acceptors (Lipinski definition) is 4. The first-order valence-electron chi connectivity index (χ1n) is 4.73. The minimum Gasteiger partial charge on any atom is -0.507 e. The molecule has 0 fully saturated rings. The Morgan fingerprint density at radius 2 is 1.62 bits per heavy atom. The minimum absolute atomic E-state index is 0.0979. The number of carbonyl (C=O) groups is 1. The zero-order valence-corrected chi connectivity index (χ0v) is 9.01. The highest BCUT2D eigenvalue weighted by atomic mass is 16.4. The van der Waals surface area contributed by atoms with Crippen molar-refractivity contribution in [3.05, 3.63) is 28.8 Å². The summed E-state index contributed by atoms with van der Waals surface area (Å²) < 4.78 is 0. The Morgan fingerprint density at radius 3 is 2.00 bits per heavy atom. The lowest BCUT2D eigenvalue weighted by Gasteiger charge is -2.16. The molecule has 0 saturated heterocycles. The van der Waals surface area contributed by atoms with Gasteiger partial charge in [-0.15, -0.1) is 0 Å². The van der Waals surface area contributed by atoms with E-state index in [4.69, 9.17) is 5.11 Å². The van der Waals surface area contributed by atoms with Crippen molar-refractivity contribution in [1.29, 1.82) is 0 Å². The number of aryl methyl sites for hydroxylation is 2. The van der Waals surface area contributed by atoms with Crippen molar-refractivity contribution in [2.45, 2.75) is 26.1 Å². The van der Waals surface area contributed by atoms with Gasteiger partial charge in [0.25, 0.3) is 0 Å². The maximum atomic E-state index is 10.5. The molecule has 1 aromatic rings. The summed E-state index contributed by atoms with van der Waals surface area (Å²) in [6, 6.07) is 2.89. The van der Waals surface area contributed by atoms with E-state index in [1.807, 2.05) is 0 Å². The fourth-order valence-electron chi connectivity index (χ4n) is 1.48. The molecule has 2 unspecified atom stereocenters. The first kappa shape index (κ1) is 12.5. The van der Waals surface area contributed by atoms with E-state index in [0.717, 1.165) is 0 Å². The molecular weight excluding hydrogens is 212 g/mol. The van der Waals surface area contributed by atoms with Crippen molar-refractivity contribution in [3.8, 4) is 5.75 Å². The summed E-state index contributed by atoms with van der Waals surface area (Å²) in [6.07, 6.45) is -3.38. The summed E-state index contributed by atoms with van der Waals surface area (Å²) >= 11 is 0. The van der Waals surface area contributed by atoms with Crippen LogP contribution in [0, 0.1) is 13.8 Å². The number of aliphatic hydroxyl groups excluding tert-OH is 2. The normalized spacial score (nSPS) is 14.5. The van der Waals surface area contributed by atoms with Crippen molar-refractivity contribution >= 4 is 5.97 Å². The lowest BCUT2D eigenvalue weighted by atomic mass is 9.99.